The summed E-state index contributed by atoms with van der Waals surface area (Å²) in [6.07, 6.45) is 0. The van der Waals surface area contributed by atoms with Gasteiger partial charge in [-0.3, -0.25) is 4.79 Å². The molecule has 1 heterocycles. The first-order valence-corrected chi connectivity index (χ1v) is 12.3. The number of piperazine rings is 1. The van der Waals surface area contributed by atoms with Crippen molar-refractivity contribution in [3.63, 3.8) is 0 Å². The largest absolute Gasteiger partial charge is 0.490 e. The summed E-state index contributed by atoms with van der Waals surface area (Å²) in [4.78, 5) is 15.1. The van der Waals surface area contributed by atoms with Gasteiger partial charge < -0.3 is 19.1 Å². The van der Waals surface area contributed by atoms with E-state index >= 15 is 0 Å². The number of carbonyl (C=O) groups is 1. The lowest BCUT2D eigenvalue weighted by Crippen LogP contribution is -2.50. The third-order valence-corrected chi connectivity index (χ3v) is 6.98. The average Bonchev–Trinajstić information content (AvgIpc) is 2.81. The summed E-state index contributed by atoms with van der Waals surface area (Å²) in [7, 11) is -3.58. The monoisotopic (exact) mass is 462 g/mol. The van der Waals surface area contributed by atoms with E-state index in [0.717, 1.165) is 0 Å². The average molecular weight is 463 g/mol. The minimum atomic E-state index is -3.58. The molecule has 1 aliphatic rings. The molecule has 1 amide bonds. The van der Waals surface area contributed by atoms with Gasteiger partial charge in [0.2, 0.25) is 15.8 Å². The second-order valence-corrected chi connectivity index (χ2v) is 9.05. The van der Waals surface area contributed by atoms with Crippen molar-refractivity contribution in [2.75, 3.05) is 46.0 Å². The zero-order valence-corrected chi connectivity index (χ0v) is 19.6. The molecule has 0 aromatic heterocycles. The number of sulfonamides is 1. The Morgan fingerprint density at radius 1 is 0.844 bits per heavy atom. The van der Waals surface area contributed by atoms with Gasteiger partial charge in [0.25, 0.3) is 5.91 Å². The summed E-state index contributed by atoms with van der Waals surface area (Å²) in [5.74, 6) is 1.18. The minimum absolute atomic E-state index is 0.202. The van der Waals surface area contributed by atoms with Crippen molar-refractivity contribution in [3.8, 4) is 17.2 Å². The van der Waals surface area contributed by atoms with Crippen molar-refractivity contribution in [1.82, 2.24) is 9.21 Å². The van der Waals surface area contributed by atoms with E-state index in [-0.39, 0.29) is 23.9 Å². The quantitative estimate of drug-likeness (QED) is 0.570. The van der Waals surface area contributed by atoms with E-state index < -0.39 is 10.0 Å². The lowest BCUT2D eigenvalue weighted by atomic mass is 10.1. The fourth-order valence-corrected chi connectivity index (χ4v) is 5.01. The molecule has 1 saturated heterocycles. The van der Waals surface area contributed by atoms with E-state index in [9.17, 15) is 13.2 Å². The van der Waals surface area contributed by atoms with Gasteiger partial charge >= 0.3 is 0 Å². The Morgan fingerprint density at radius 2 is 1.38 bits per heavy atom. The first-order valence-electron chi connectivity index (χ1n) is 10.8. The highest BCUT2D eigenvalue weighted by atomic mass is 32.2. The van der Waals surface area contributed by atoms with E-state index in [4.69, 9.17) is 14.2 Å². The smallest absolute Gasteiger partial charge is 0.254 e. The van der Waals surface area contributed by atoms with Crippen LogP contribution in [0.3, 0.4) is 0 Å². The molecule has 1 fully saturated rings. The highest BCUT2D eigenvalue weighted by Gasteiger charge is 2.31. The maximum atomic E-state index is 13.2. The van der Waals surface area contributed by atoms with Crippen LogP contribution in [-0.4, -0.2) is 69.5 Å². The van der Waals surface area contributed by atoms with Gasteiger partial charge in [-0.15, -0.1) is 0 Å². The molecule has 2 aromatic rings. The van der Waals surface area contributed by atoms with Crippen LogP contribution in [0, 0.1) is 0 Å². The number of carbonyl (C=O) groups excluding carboxylic acids is 1. The van der Waals surface area contributed by atoms with Crippen LogP contribution in [0.4, 0.5) is 0 Å². The number of nitrogens with zero attached hydrogens (tertiary/aromatic N) is 2. The van der Waals surface area contributed by atoms with E-state index in [0.29, 0.717) is 55.7 Å². The fourth-order valence-electron chi connectivity index (χ4n) is 3.57. The molecule has 0 N–H and O–H groups in total. The standard InChI is InChI=1S/C23H30N2O6S/c1-4-29-20-16-18(17-21(30-5-2)22(20)31-6-3)23(26)24-12-14-25(15-13-24)32(27,28)19-10-8-7-9-11-19/h7-11,16-17H,4-6,12-15H2,1-3H3. The van der Waals surface area contributed by atoms with Crippen LogP contribution in [0.1, 0.15) is 31.1 Å². The second-order valence-electron chi connectivity index (χ2n) is 7.11. The molecule has 174 valence electrons. The molecule has 0 spiro atoms. The van der Waals surface area contributed by atoms with Crippen molar-refractivity contribution in [3.05, 3.63) is 48.0 Å². The van der Waals surface area contributed by atoms with Gasteiger partial charge in [0.05, 0.1) is 24.7 Å². The number of amides is 1. The van der Waals surface area contributed by atoms with E-state index in [1.54, 1.807) is 47.4 Å². The van der Waals surface area contributed by atoms with Crippen LogP contribution in [0.5, 0.6) is 17.2 Å². The zero-order valence-electron chi connectivity index (χ0n) is 18.7. The minimum Gasteiger partial charge on any atom is -0.490 e. The van der Waals surface area contributed by atoms with Crippen molar-refractivity contribution < 1.29 is 27.4 Å². The number of hydrogen-bond donors (Lipinski definition) is 0. The van der Waals surface area contributed by atoms with Gasteiger partial charge in [0, 0.05) is 31.7 Å². The lowest BCUT2D eigenvalue weighted by molar-refractivity contribution is 0.0696. The Hall–Kier alpha value is -2.78. The van der Waals surface area contributed by atoms with Gasteiger partial charge in [-0.05, 0) is 45.0 Å². The normalized spacial score (nSPS) is 14.8. The molecule has 0 bridgehead atoms. The van der Waals surface area contributed by atoms with Crippen LogP contribution >= 0.6 is 0 Å². The topological polar surface area (TPSA) is 85.4 Å². The Balaban J connectivity index is 1.78. The highest BCUT2D eigenvalue weighted by Crippen LogP contribution is 2.39. The summed E-state index contributed by atoms with van der Waals surface area (Å²) in [5.41, 5.74) is 0.416. The number of benzene rings is 2. The number of ether oxygens (including phenoxy) is 3. The molecule has 0 radical (unpaired) electrons. The van der Waals surface area contributed by atoms with Crippen molar-refractivity contribution in [2.45, 2.75) is 25.7 Å². The maximum absolute atomic E-state index is 13.2. The third-order valence-electron chi connectivity index (χ3n) is 5.06. The molecule has 0 unspecified atom stereocenters. The third kappa shape index (κ3) is 5.16. The van der Waals surface area contributed by atoms with Crippen molar-refractivity contribution >= 4 is 15.9 Å². The molecule has 8 nitrogen and oxygen atoms in total. The Morgan fingerprint density at radius 3 is 1.88 bits per heavy atom. The van der Waals surface area contributed by atoms with E-state index in [1.165, 1.54) is 4.31 Å². The number of rotatable bonds is 9. The molecular weight excluding hydrogens is 432 g/mol. The van der Waals surface area contributed by atoms with Crippen LogP contribution in [0.2, 0.25) is 0 Å². The predicted molar refractivity (Wildman–Crippen MR) is 121 cm³/mol. The first kappa shape index (κ1) is 23.9. The predicted octanol–water partition coefficient (Wildman–Crippen LogP) is 3.03. The van der Waals surface area contributed by atoms with E-state index in [1.807, 2.05) is 20.8 Å². The zero-order chi connectivity index (χ0) is 23.1. The number of hydrogen-bond acceptors (Lipinski definition) is 6. The SMILES string of the molecule is CCOc1cc(C(=O)N2CCN(S(=O)(=O)c3ccccc3)CC2)cc(OCC)c1OCC. The molecule has 32 heavy (non-hydrogen) atoms. The van der Waals surface area contributed by atoms with E-state index in [2.05, 4.69) is 0 Å². The molecule has 9 heteroatoms. The van der Waals surface area contributed by atoms with Crippen LogP contribution in [0.25, 0.3) is 0 Å². The molecule has 0 aliphatic carbocycles. The molecule has 2 aromatic carbocycles. The Kier molecular flexibility index (Phi) is 7.98. The van der Waals surface area contributed by atoms with Crippen LogP contribution in [-0.2, 0) is 10.0 Å². The second kappa shape index (κ2) is 10.7. The van der Waals surface area contributed by atoms with Crippen molar-refractivity contribution in [2.24, 2.45) is 0 Å². The van der Waals surface area contributed by atoms with Gasteiger partial charge in [-0.1, -0.05) is 18.2 Å². The maximum Gasteiger partial charge on any atom is 0.254 e. The van der Waals surface area contributed by atoms with Crippen LogP contribution < -0.4 is 14.2 Å². The Bertz CT molecular complexity index is 991. The summed E-state index contributed by atoms with van der Waals surface area (Å²) < 4.78 is 44.2. The van der Waals surface area contributed by atoms with Gasteiger partial charge in [-0.25, -0.2) is 8.42 Å². The van der Waals surface area contributed by atoms with Crippen LogP contribution in [0.15, 0.2) is 47.4 Å². The summed E-state index contributed by atoms with van der Waals surface area (Å²) in [6, 6.07) is 11.7. The Labute approximate surface area is 189 Å². The van der Waals surface area contributed by atoms with Gasteiger partial charge in [-0.2, -0.15) is 4.31 Å². The van der Waals surface area contributed by atoms with Gasteiger partial charge in [0.1, 0.15) is 0 Å². The molecule has 3 rings (SSSR count). The molecule has 0 atom stereocenters. The highest BCUT2D eigenvalue weighted by molar-refractivity contribution is 7.89. The molecular formula is C23H30N2O6S. The van der Waals surface area contributed by atoms with Crippen molar-refractivity contribution in [1.29, 1.82) is 0 Å². The summed E-state index contributed by atoms with van der Waals surface area (Å²) in [5, 5.41) is 0. The van der Waals surface area contributed by atoms with Gasteiger partial charge in [0.15, 0.2) is 11.5 Å². The lowest BCUT2D eigenvalue weighted by Gasteiger charge is -2.34. The molecule has 0 saturated carbocycles. The summed E-state index contributed by atoms with van der Waals surface area (Å²) in [6.45, 7) is 7.91. The first-order chi connectivity index (χ1) is 15.4. The molecule has 1 aliphatic heterocycles. The summed E-state index contributed by atoms with van der Waals surface area (Å²) >= 11 is 0. The fraction of sp³-hybridized carbons (Fsp3) is 0.435.